The number of halogens is 2. The lowest BCUT2D eigenvalue weighted by atomic mass is 9.99. The number of amides is 1. The van der Waals surface area contributed by atoms with Crippen LogP contribution in [0.5, 0.6) is 0 Å². The van der Waals surface area contributed by atoms with Crippen molar-refractivity contribution in [3.05, 3.63) is 52.3 Å². The van der Waals surface area contributed by atoms with E-state index in [1.54, 1.807) is 17.8 Å². The van der Waals surface area contributed by atoms with Crippen LogP contribution in [0.15, 0.2) is 18.2 Å². The highest BCUT2D eigenvalue weighted by atomic mass is 19.1. The molecule has 0 N–H and O–H groups in total. The van der Waals surface area contributed by atoms with Crippen molar-refractivity contribution in [2.45, 2.75) is 26.7 Å². The lowest BCUT2D eigenvalue weighted by Gasteiger charge is -2.30. The van der Waals surface area contributed by atoms with Crippen LogP contribution in [0, 0.1) is 25.5 Å². The highest BCUT2D eigenvalue weighted by molar-refractivity contribution is 6.14. The lowest BCUT2D eigenvalue weighted by molar-refractivity contribution is 0.0986. The number of aryl methyl sites for hydroxylation is 3. The fraction of sp³-hybridized carbons (Fsp3) is 0.316. The van der Waals surface area contributed by atoms with Crippen LogP contribution in [-0.4, -0.2) is 27.2 Å². The summed E-state index contributed by atoms with van der Waals surface area (Å²) in [6, 6.07) is 3.81. The van der Waals surface area contributed by atoms with Crippen molar-refractivity contribution in [1.82, 2.24) is 14.8 Å². The maximum absolute atomic E-state index is 14.2. The summed E-state index contributed by atoms with van der Waals surface area (Å²) in [5.74, 6) is -1.58. The third-order valence-corrected chi connectivity index (χ3v) is 4.81. The number of aromatic nitrogens is 3. The molecule has 0 aliphatic carbocycles. The van der Waals surface area contributed by atoms with Crippen LogP contribution in [0.4, 0.5) is 14.5 Å². The van der Waals surface area contributed by atoms with Gasteiger partial charge in [0.2, 0.25) is 0 Å². The molecule has 0 atom stereocenters. The Morgan fingerprint density at radius 3 is 2.73 bits per heavy atom. The first-order valence-electron chi connectivity index (χ1n) is 8.47. The maximum Gasteiger partial charge on any atom is 0.259 e. The summed E-state index contributed by atoms with van der Waals surface area (Å²) in [7, 11) is 1.77. The van der Waals surface area contributed by atoms with E-state index in [2.05, 4.69) is 10.1 Å². The van der Waals surface area contributed by atoms with E-state index in [9.17, 15) is 13.6 Å². The Balaban J connectivity index is 1.90. The molecule has 5 nitrogen and oxygen atoms in total. The molecule has 3 heterocycles. The first kappa shape index (κ1) is 16.6. The van der Waals surface area contributed by atoms with Crippen molar-refractivity contribution in [3.8, 4) is 0 Å². The van der Waals surface area contributed by atoms with Gasteiger partial charge in [0, 0.05) is 30.9 Å². The summed E-state index contributed by atoms with van der Waals surface area (Å²) in [6.45, 7) is 4.04. The average Bonchev–Trinajstić information content (AvgIpc) is 2.87. The zero-order valence-corrected chi connectivity index (χ0v) is 14.8. The molecule has 4 rings (SSSR count). The predicted octanol–water partition coefficient (Wildman–Crippen LogP) is 3.46. The minimum absolute atomic E-state index is 0.289. The molecular formula is C19H18F2N4O. The van der Waals surface area contributed by atoms with E-state index in [-0.39, 0.29) is 5.91 Å². The Labute approximate surface area is 149 Å². The third kappa shape index (κ3) is 2.46. The molecule has 3 aromatic rings. The van der Waals surface area contributed by atoms with Crippen molar-refractivity contribution in [2.24, 2.45) is 7.05 Å². The Kier molecular flexibility index (Phi) is 3.75. The van der Waals surface area contributed by atoms with E-state index >= 15 is 0 Å². The van der Waals surface area contributed by atoms with Crippen LogP contribution >= 0.6 is 0 Å². The van der Waals surface area contributed by atoms with Crippen LogP contribution in [0.25, 0.3) is 11.0 Å². The van der Waals surface area contributed by atoms with Gasteiger partial charge in [-0.1, -0.05) is 0 Å². The number of hydrogen-bond acceptors (Lipinski definition) is 3. The van der Waals surface area contributed by atoms with E-state index in [0.717, 1.165) is 6.07 Å². The number of anilines is 1. The van der Waals surface area contributed by atoms with E-state index in [4.69, 9.17) is 0 Å². The third-order valence-electron chi connectivity index (χ3n) is 4.81. The highest BCUT2D eigenvalue weighted by Crippen LogP contribution is 2.33. The smallest absolute Gasteiger partial charge is 0.259 e. The molecule has 0 spiro atoms. The van der Waals surface area contributed by atoms with Gasteiger partial charge in [-0.05, 0) is 38.8 Å². The molecule has 7 heteroatoms. The van der Waals surface area contributed by atoms with Gasteiger partial charge in [0.15, 0.2) is 5.65 Å². The molecule has 2 aromatic heterocycles. The quantitative estimate of drug-likeness (QED) is 0.671. The number of benzene rings is 1. The Morgan fingerprint density at radius 2 is 1.96 bits per heavy atom. The molecule has 0 bridgehead atoms. The Hall–Kier alpha value is -2.83. The van der Waals surface area contributed by atoms with Crippen molar-refractivity contribution < 1.29 is 13.6 Å². The van der Waals surface area contributed by atoms with Crippen molar-refractivity contribution in [2.75, 3.05) is 11.4 Å². The summed E-state index contributed by atoms with van der Waals surface area (Å²) < 4.78 is 29.6. The van der Waals surface area contributed by atoms with Gasteiger partial charge in [0.05, 0.1) is 22.3 Å². The molecule has 134 valence electrons. The maximum atomic E-state index is 14.2. The molecule has 1 aromatic carbocycles. The molecule has 0 saturated carbocycles. The number of carbonyl (C=O) groups excluding carboxylic acids is 1. The summed E-state index contributed by atoms with van der Waals surface area (Å²) >= 11 is 0. The van der Waals surface area contributed by atoms with Crippen molar-refractivity contribution in [1.29, 1.82) is 0 Å². The number of pyridine rings is 1. The number of carbonyl (C=O) groups is 1. The van der Waals surface area contributed by atoms with Gasteiger partial charge in [-0.3, -0.25) is 9.48 Å². The number of fused-ring (bicyclic) bond motifs is 2. The monoisotopic (exact) mass is 356 g/mol. The van der Waals surface area contributed by atoms with Crippen molar-refractivity contribution >= 4 is 22.6 Å². The topological polar surface area (TPSA) is 51.0 Å². The SMILES string of the molecule is Cc1cc(C(=O)N2CCCc3c(F)cc(F)cc32)c2c(C)nn(C)c2n1. The van der Waals surface area contributed by atoms with Crippen LogP contribution in [-0.2, 0) is 13.5 Å². The van der Waals surface area contributed by atoms with Crippen LogP contribution in [0.2, 0.25) is 0 Å². The lowest BCUT2D eigenvalue weighted by Crippen LogP contribution is -2.36. The van der Waals surface area contributed by atoms with E-state index in [1.807, 2.05) is 13.8 Å². The Bertz CT molecular complexity index is 1060. The fourth-order valence-corrected chi connectivity index (χ4v) is 3.71. The molecule has 1 aliphatic rings. The van der Waals surface area contributed by atoms with Gasteiger partial charge in [0.25, 0.3) is 5.91 Å². The second-order valence-electron chi connectivity index (χ2n) is 6.66. The summed E-state index contributed by atoms with van der Waals surface area (Å²) in [4.78, 5) is 19.3. The van der Waals surface area contributed by atoms with Gasteiger partial charge in [-0.2, -0.15) is 5.10 Å². The molecule has 1 aliphatic heterocycles. The second-order valence-corrected chi connectivity index (χ2v) is 6.66. The van der Waals surface area contributed by atoms with Crippen LogP contribution in [0.3, 0.4) is 0 Å². The predicted molar refractivity (Wildman–Crippen MR) is 94.3 cm³/mol. The number of rotatable bonds is 1. The molecular weight excluding hydrogens is 338 g/mol. The van der Waals surface area contributed by atoms with Gasteiger partial charge in [-0.15, -0.1) is 0 Å². The first-order chi connectivity index (χ1) is 12.4. The minimum atomic E-state index is -0.686. The van der Waals surface area contributed by atoms with E-state index < -0.39 is 11.6 Å². The minimum Gasteiger partial charge on any atom is -0.308 e. The largest absolute Gasteiger partial charge is 0.308 e. The highest BCUT2D eigenvalue weighted by Gasteiger charge is 2.29. The molecule has 0 unspecified atom stereocenters. The van der Waals surface area contributed by atoms with Crippen molar-refractivity contribution in [3.63, 3.8) is 0 Å². The van der Waals surface area contributed by atoms with E-state index in [1.165, 1.54) is 11.0 Å². The fourth-order valence-electron chi connectivity index (χ4n) is 3.71. The van der Waals surface area contributed by atoms with Gasteiger partial charge < -0.3 is 4.90 Å². The summed E-state index contributed by atoms with van der Waals surface area (Å²) in [6.07, 6.45) is 1.11. The zero-order chi connectivity index (χ0) is 18.6. The number of hydrogen-bond donors (Lipinski definition) is 0. The zero-order valence-electron chi connectivity index (χ0n) is 14.8. The molecule has 26 heavy (non-hydrogen) atoms. The number of nitrogens with zero attached hydrogens (tertiary/aromatic N) is 4. The average molecular weight is 356 g/mol. The molecule has 0 radical (unpaired) electrons. The molecule has 0 saturated heterocycles. The Morgan fingerprint density at radius 1 is 1.19 bits per heavy atom. The summed E-state index contributed by atoms with van der Waals surface area (Å²) in [5, 5.41) is 5.03. The van der Waals surface area contributed by atoms with Gasteiger partial charge >= 0.3 is 0 Å². The van der Waals surface area contributed by atoms with E-state index in [0.29, 0.717) is 58.6 Å². The normalized spacial score (nSPS) is 14.0. The molecule has 1 amide bonds. The molecule has 0 fully saturated rings. The summed E-state index contributed by atoms with van der Waals surface area (Å²) in [5.41, 5.74) is 3.15. The van der Waals surface area contributed by atoms with Crippen LogP contribution in [0.1, 0.15) is 33.7 Å². The van der Waals surface area contributed by atoms with Gasteiger partial charge in [0.1, 0.15) is 11.6 Å². The second kappa shape index (κ2) is 5.86. The van der Waals surface area contributed by atoms with Crippen LogP contribution < -0.4 is 4.90 Å². The van der Waals surface area contributed by atoms with Gasteiger partial charge in [-0.25, -0.2) is 13.8 Å². The standard InChI is InChI=1S/C19H18F2N4O/c1-10-7-14(17-11(2)23-24(3)18(17)22-10)19(26)25-6-4-5-13-15(21)8-12(20)9-16(13)25/h7-9H,4-6H2,1-3H3. The first-order valence-corrected chi connectivity index (χ1v) is 8.47.